The Kier molecular flexibility index (Phi) is 4.28. The third-order valence-corrected chi connectivity index (χ3v) is 3.06. The molecule has 0 aliphatic carbocycles. The first kappa shape index (κ1) is 13.0. The highest BCUT2D eigenvalue weighted by atomic mass is 19.1. The standard InChI is InChI=1S/C13H17FN2O2/c14-11-3-1-2-10(8-11)13(17)16-6-7-18-9-12(16)4-5-15/h1-3,8,12H,4-7,9,15H2. The number of hydrogen-bond acceptors (Lipinski definition) is 3. The maximum absolute atomic E-state index is 13.1. The van der Waals surface area contributed by atoms with Crippen LogP contribution in [0.4, 0.5) is 4.39 Å². The van der Waals surface area contributed by atoms with Gasteiger partial charge in [0, 0.05) is 12.1 Å². The van der Waals surface area contributed by atoms with Crippen LogP contribution in [-0.2, 0) is 4.74 Å². The van der Waals surface area contributed by atoms with Crippen molar-refractivity contribution < 1.29 is 13.9 Å². The van der Waals surface area contributed by atoms with Crippen LogP contribution >= 0.6 is 0 Å². The summed E-state index contributed by atoms with van der Waals surface area (Å²) < 4.78 is 18.5. The lowest BCUT2D eigenvalue weighted by molar-refractivity contribution is -0.00346. The van der Waals surface area contributed by atoms with Crippen molar-refractivity contribution in [2.45, 2.75) is 12.5 Å². The van der Waals surface area contributed by atoms with Gasteiger partial charge in [-0.25, -0.2) is 4.39 Å². The lowest BCUT2D eigenvalue weighted by Gasteiger charge is -2.35. The lowest BCUT2D eigenvalue weighted by atomic mass is 10.1. The Bertz CT molecular complexity index is 423. The van der Waals surface area contributed by atoms with Crippen LogP contribution in [0.1, 0.15) is 16.8 Å². The topological polar surface area (TPSA) is 55.6 Å². The highest BCUT2D eigenvalue weighted by molar-refractivity contribution is 5.94. The van der Waals surface area contributed by atoms with Crippen LogP contribution in [0.15, 0.2) is 24.3 Å². The normalized spacial score (nSPS) is 19.9. The summed E-state index contributed by atoms with van der Waals surface area (Å²) in [5.41, 5.74) is 5.91. The number of benzene rings is 1. The predicted molar refractivity (Wildman–Crippen MR) is 65.7 cm³/mol. The Balaban J connectivity index is 2.15. The number of carbonyl (C=O) groups excluding carboxylic acids is 1. The molecule has 98 valence electrons. The van der Waals surface area contributed by atoms with Gasteiger partial charge in [-0.2, -0.15) is 0 Å². The van der Waals surface area contributed by atoms with Gasteiger partial charge in [0.25, 0.3) is 5.91 Å². The summed E-state index contributed by atoms with van der Waals surface area (Å²) in [7, 11) is 0. The molecule has 1 aromatic rings. The summed E-state index contributed by atoms with van der Waals surface area (Å²) in [4.78, 5) is 14.0. The molecule has 1 aliphatic heterocycles. The molecule has 1 saturated heterocycles. The summed E-state index contributed by atoms with van der Waals surface area (Å²) in [5.74, 6) is -0.555. The first-order valence-corrected chi connectivity index (χ1v) is 6.06. The van der Waals surface area contributed by atoms with Crippen molar-refractivity contribution in [3.8, 4) is 0 Å². The van der Waals surface area contributed by atoms with Crippen LogP contribution in [0.25, 0.3) is 0 Å². The zero-order valence-electron chi connectivity index (χ0n) is 10.1. The summed E-state index contributed by atoms with van der Waals surface area (Å²) in [6.07, 6.45) is 0.695. The van der Waals surface area contributed by atoms with E-state index in [4.69, 9.17) is 10.5 Å². The average Bonchev–Trinajstić information content (AvgIpc) is 2.39. The van der Waals surface area contributed by atoms with E-state index in [1.807, 2.05) is 0 Å². The largest absolute Gasteiger partial charge is 0.377 e. The van der Waals surface area contributed by atoms with E-state index in [1.165, 1.54) is 12.1 Å². The second-order valence-electron chi connectivity index (χ2n) is 4.31. The molecule has 2 N–H and O–H groups in total. The minimum absolute atomic E-state index is 0.0143. The van der Waals surface area contributed by atoms with E-state index in [0.29, 0.717) is 38.3 Å². The molecule has 0 saturated carbocycles. The molecule has 0 bridgehead atoms. The number of hydrogen-bond donors (Lipinski definition) is 1. The minimum atomic E-state index is -0.399. The fourth-order valence-electron chi connectivity index (χ4n) is 2.14. The van der Waals surface area contributed by atoms with Crippen LogP contribution in [0.2, 0.25) is 0 Å². The van der Waals surface area contributed by atoms with Crippen LogP contribution < -0.4 is 5.73 Å². The minimum Gasteiger partial charge on any atom is -0.377 e. The van der Waals surface area contributed by atoms with Gasteiger partial charge in [-0.05, 0) is 31.2 Å². The summed E-state index contributed by atoms with van der Waals surface area (Å²) in [6.45, 7) is 2.04. The van der Waals surface area contributed by atoms with Crippen LogP contribution in [0, 0.1) is 5.82 Å². The van der Waals surface area contributed by atoms with Crippen LogP contribution in [-0.4, -0.2) is 43.2 Å². The Morgan fingerprint density at radius 2 is 2.39 bits per heavy atom. The van der Waals surface area contributed by atoms with E-state index < -0.39 is 5.82 Å². The molecule has 5 heteroatoms. The first-order valence-electron chi connectivity index (χ1n) is 6.06. The average molecular weight is 252 g/mol. The highest BCUT2D eigenvalue weighted by Gasteiger charge is 2.27. The Morgan fingerprint density at radius 3 is 3.11 bits per heavy atom. The Morgan fingerprint density at radius 1 is 1.56 bits per heavy atom. The molecule has 4 nitrogen and oxygen atoms in total. The molecular weight excluding hydrogens is 235 g/mol. The van der Waals surface area contributed by atoms with Crippen molar-refractivity contribution in [2.75, 3.05) is 26.3 Å². The van der Waals surface area contributed by atoms with Crippen LogP contribution in [0.3, 0.4) is 0 Å². The first-order chi connectivity index (χ1) is 8.72. The molecule has 1 unspecified atom stereocenters. The van der Waals surface area contributed by atoms with E-state index in [0.717, 1.165) is 0 Å². The van der Waals surface area contributed by atoms with Gasteiger partial charge in [-0.15, -0.1) is 0 Å². The number of amides is 1. The maximum Gasteiger partial charge on any atom is 0.254 e. The lowest BCUT2D eigenvalue weighted by Crippen LogP contribution is -2.49. The highest BCUT2D eigenvalue weighted by Crippen LogP contribution is 2.15. The van der Waals surface area contributed by atoms with E-state index in [9.17, 15) is 9.18 Å². The number of halogens is 1. The van der Waals surface area contributed by atoms with Gasteiger partial charge in [-0.1, -0.05) is 6.07 Å². The molecule has 1 amide bonds. The van der Waals surface area contributed by atoms with Crippen molar-refractivity contribution in [1.82, 2.24) is 4.90 Å². The van der Waals surface area contributed by atoms with Gasteiger partial charge in [0.05, 0.1) is 19.3 Å². The van der Waals surface area contributed by atoms with E-state index in [1.54, 1.807) is 17.0 Å². The van der Waals surface area contributed by atoms with Crippen molar-refractivity contribution in [3.63, 3.8) is 0 Å². The SMILES string of the molecule is NCCC1COCCN1C(=O)c1cccc(F)c1. The second kappa shape index (κ2) is 5.93. The molecule has 0 spiro atoms. The molecule has 0 aromatic heterocycles. The van der Waals surface area contributed by atoms with Gasteiger partial charge in [0.1, 0.15) is 5.82 Å². The molecule has 1 aliphatic rings. The number of ether oxygens (including phenoxy) is 1. The van der Waals surface area contributed by atoms with Gasteiger partial charge in [0.2, 0.25) is 0 Å². The van der Waals surface area contributed by atoms with E-state index in [-0.39, 0.29) is 11.9 Å². The summed E-state index contributed by atoms with van der Waals surface area (Å²) >= 11 is 0. The molecule has 1 fully saturated rings. The maximum atomic E-state index is 13.1. The van der Waals surface area contributed by atoms with Crippen molar-refractivity contribution in [1.29, 1.82) is 0 Å². The number of nitrogens with zero attached hydrogens (tertiary/aromatic N) is 1. The quantitative estimate of drug-likeness (QED) is 0.873. The molecule has 0 radical (unpaired) electrons. The van der Waals surface area contributed by atoms with Crippen molar-refractivity contribution >= 4 is 5.91 Å². The Labute approximate surface area is 106 Å². The van der Waals surface area contributed by atoms with Crippen LogP contribution in [0.5, 0.6) is 0 Å². The van der Waals surface area contributed by atoms with Crippen molar-refractivity contribution in [3.05, 3.63) is 35.6 Å². The molecular formula is C13H17FN2O2. The number of morpholine rings is 1. The third kappa shape index (κ3) is 2.86. The molecule has 1 atom stereocenters. The number of rotatable bonds is 3. The van der Waals surface area contributed by atoms with Gasteiger partial charge in [0.15, 0.2) is 0 Å². The zero-order valence-corrected chi connectivity index (χ0v) is 10.1. The number of carbonyl (C=O) groups is 1. The fraction of sp³-hybridized carbons (Fsp3) is 0.462. The smallest absolute Gasteiger partial charge is 0.254 e. The summed E-state index contributed by atoms with van der Waals surface area (Å²) in [5, 5.41) is 0. The zero-order chi connectivity index (χ0) is 13.0. The molecule has 18 heavy (non-hydrogen) atoms. The monoisotopic (exact) mass is 252 g/mol. The Hall–Kier alpha value is -1.46. The number of nitrogens with two attached hydrogens (primary N) is 1. The predicted octanol–water partition coefficient (Wildman–Crippen LogP) is 1.02. The second-order valence-corrected chi connectivity index (χ2v) is 4.31. The van der Waals surface area contributed by atoms with Gasteiger partial charge >= 0.3 is 0 Å². The van der Waals surface area contributed by atoms with E-state index >= 15 is 0 Å². The van der Waals surface area contributed by atoms with E-state index in [2.05, 4.69) is 0 Å². The van der Waals surface area contributed by atoms with Crippen molar-refractivity contribution in [2.24, 2.45) is 5.73 Å². The van der Waals surface area contributed by atoms with Gasteiger partial charge < -0.3 is 15.4 Å². The molecule has 1 aromatic carbocycles. The summed E-state index contributed by atoms with van der Waals surface area (Å²) in [6, 6.07) is 5.74. The third-order valence-electron chi connectivity index (χ3n) is 3.06. The fourth-order valence-corrected chi connectivity index (χ4v) is 2.14. The van der Waals surface area contributed by atoms with Gasteiger partial charge in [-0.3, -0.25) is 4.79 Å². The molecule has 2 rings (SSSR count). The molecule has 1 heterocycles.